The molecule has 5 nitrogen and oxygen atoms in total. The van der Waals surface area contributed by atoms with Gasteiger partial charge in [-0.1, -0.05) is 0 Å². The van der Waals surface area contributed by atoms with E-state index in [1.54, 1.807) is 6.92 Å². The number of aliphatic hydroxyl groups is 1. The molecule has 1 heterocycles. The van der Waals surface area contributed by atoms with Crippen molar-refractivity contribution in [2.45, 2.75) is 108 Å². The van der Waals surface area contributed by atoms with Gasteiger partial charge in [-0.3, -0.25) is 0 Å². The number of fused-ring (bicyclic) bond motifs is 1. The van der Waals surface area contributed by atoms with E-state index in [1.807, 2.05) is 20.8 Å². The lowest BCUT2D eigenvalue weighted by atomic mass is 9.51. The number of hydrogen-bond donors (Lipinski definition) is 1. The molecule has 8 atom stereocenters. The molecule has 0 bridgehead atoms. The average Bonchev–Trinajstić information content (AvgIpc) is 3.05. The zero-order valence-corrected chi connectivity index (χ0v) is 17.8. The SMILES string of the molecule is [C-]#[N+][C@@H]1[C@@H]2[C@@H]([C@@]3(C)CC[C@@H](C(C)(C)[N+]#[C-])O3)CC[C@](C)([N+]#[C-])[C@H]2CC[C@@]1(C)O. The van der Waals surface area contributed by atoms with Gasteiger partial charge in [0, 0.05) is 33.1 Å². The standard InChI is InChI=1S/C23H33N3O2/c1-20(2,25-7)17-11-14-23(5,28-17)16-9-12-21(3,26-8)15-10-13-22(4,27)19(24-6)18(15)16/h15-19,27H,9-14H2,1-5H3/t15-,16-,17-,18-,19+,21-,22+,23+/m0/s1. The van der Waals surface area contributed by atoms with Gasteiger partial charge in [0.25, 0.3) is 11.6 Å². The fourth-order valence-corrected chi connectivity index (χ4v) is 6.25. The Balaban J connectivity index is 1.99. The minimum Gasteiger partial charge on any atom is -0.382 e. The van der Waals surface area contributed by atoms with E-state index in [-0.39, 0.29) is 23.9 Å². The minimum absolute atomic E-state index is 0.0473. The van der Waals surface area contributed by atoms with Crippen LogP contribution in [-0.4, -0.2) is 39.5 Å². The first-order valence-corrected chi connectivity index (χ1v) is 10.5. The van der Waals surface area contributed by atoms with Crippen LogP contribution in [0.4, 0.5) is 0 Å². The van der Waals surface area contributed by atoms with Gasteiger partial charge in [0.1, 0.15) is 11.7 Å². The number of ether oxygens (including phenoxy) is 1. The number of rotatable bonds is 2. The van der Waals surface area contributed by atoms with Crippen LogP contribution in [0.1, 0.15) is 73.1 Å². The highest BCUT2D eigenvalue weighted by Gasteiger charge is 2.66. The summed E-state index contributed by atoms with van der Waals surface area (Å²) in [4.78, 5) is 11.7. The Kier molecular flexibility index (Phi) is 5.07. The zero-order chi connectivity index (χ0) is 21.0. The Hall–Kier alpha value is -1.61. The van der Waals surface area contributed by atoms with Crippen LogP contribution in [0.25, 0.3) is 14.5 Å². The molecular formula is C23H33N3O2. The Labute approximate surface area is 169 Å². The summed E-state index contributed by atoms with van der Waals surface area (Å²) in [6, 6.07) is -0.508. The number of hydrogen-bond acceptors (Lipinski definition) is 2. The summed E-state index contributed by atoms with van der Waals surface area (Å²) in [6.07, 6.45) is 4.61. The van der Waals surface area contributed by atoms with Gasteiger partial charge >= 0.3 is 0 Å². The van der Waals surface area contributed by atoms with Gasteiger partial charge in [0.2, 0.25) is 5.54 Å². The summed E-state index contributed by atoms with van der Waals surface area (Å²) in [5.74, 6) is 0.190. The summed E-state index contributed by atoms with van der Waals surface area (Å²) in [7, 11) is 0. The predicted molar refractivity (Wildman–Crippen MR) is 108 cm³/mol. The molecule has 3 aliphatic rings. The van der Waals surface area contributed by atoms with Crippen LogP contribution in [0.15, 0.2) is 0 Å². The first kappa shape index (κ1) is 21.1. The van der Waals surface area contributed by atoms with Crippen LogP contribution < -0.4 is 0 Å². The van der Waals surface area contributed by atoms with Crippen molar-refractivity contribution in [2.24, 2.45) is 17.8 Å². The fourth-order valence-electron chi connectivity index (χ4n) is 6.25. The molecule has 0 radical (unpaired) electrons. The van der Waals surface area contributed by atoms with E-state index in [0.717, 1.165) is 32.1 Å². The van der Waals surface area contributed by atoms with Gasteiger partial charge in [-0.15, -0.1) is 0 Å². The van der Waals surface area contributed by atoms with Crippen LogP contribution >= 0.6 is 0 Å². The van der Waals surface area contributed by atoms with Crippen LogP contribution in [0, 0.1) is 37.5 Å². The molecule has 2 aliphatic carbocycles. The molecule has 0 aromatic heterocycles. The van der Waals surface area contributed by atoms with E-state index in [9.17, 15) is 5.11 Å². The monoisotopic (exact) mass is 383 g/mol. The molecule has 3 fully saturated rings. The van der Waals surface area contributed by atoms with Gasteiger partial charge in [-0.05, 0) is 51.9 Å². The van der Waals surface area contributed by atoms with Crippen molar-refractivity contribution in [2.75, 3.05) is 0 Å². The van der Waals surface area contributed by atoms with Gasteiger partial charge in [-0.2, -0.15) is 0 Å². The molecule has 0 aromatic carbocycles. The molecule has 0 spiro atoms. The second kappa shape index (κ2) is 6.73. The highest BCUT2D eigenvalue weighted by molar-refractivity contribution is 5.19. The van der Waals surface area contributed by atoms with Crippen molar-refractivity contribution in [3.8, 4) is 0 Å². The summed E-state index contributed by atoms with van der Waals surface area (Å²) in [6.45, 7) is 33.0. The summed E-state index contributed by atoms with van der Waals surface area (Å²) >= 11 is 0. The van der Waals surface area contributed by atoms with E-state index in [4.69, 9.17) is 24.5 Å². The van der Waals surface area contributed by atoms with Gasteiger partial charge in [-0.25, -0.2) is 19.7 Å². The highest BCUT2D eigenvalue weighted by Crippen LogP contribution is 2.58. The summed E-state index contributed by atoms with van der Waals surface area (Å²) in [5, 5.41) is 11.0. The molecule has 0 unspecified atom stereocenters. The van der Waals surface area contributed by atoms with E-state index in [2.05, 4.69) is 21.5 Å². The Morgan fingerprint density at radius 3 is 2.18 bits per heavy atom. The third kappa shape index (κ3) is 3.12. The maximum absolute atomic E-state index is 11.0. The lowest BCUT2D eigenvalue weighted by Gasteiger charge is -2.53. The predicted octanol–water partition coefficient (Wildman–Crippen LogP) is 4.78. The van der Waals surface area contributed by atoms with Crippen LogP contribution in [0.3, 0.4) is 0 Å². The van der Waals surface area contributed by atoms with Crippen LogP contribution in [-0.2, 0) is 4.74 Å². The molecule has 1 N–H and O–H groups in total. The molecule has 152 valence electrons. The molecule has 0 aromatic rings. The second-order valence-electron chi connectivity index (χ2n) is 10.5. The molecule has 0 amide bonds. The Bertz CT molecular complexity index is 755. The van der Waals surface area contributed by atoms with E-state index >= 15 is 0 Å². The first-order chi connectivity index (χ1) is 12.9. The van der Waals surface area contributed by atoms with Crippen molar-refractivity contribution >= 4 is 0 Å². The lowest BCUT2D eigenvalue weighted by molar-refractivity contribution is -0.147. The van der Waals surface area contributed by atoms with Gasteiger partial charge < -0.3 is 24.4 Å². The maximum Gasteiger partial charge on any atom is 0.255 e. The van der Waals surface area contributed by atoms with Crippen molar-refractivity contribution in [3.05, 3.63) is 34.3 Å². The molecule has 3 rings (SSSR count). The lowest BCUT2D eigenvalue weighted by Crippen LogP contribution is -2.61. The van der Waals surface area contributed by atoms with Crippen LogP contribution in [0.5, 0.6) is 0 Å². The third-order valence-corrected chi connectivity index (χ3v) is 8.22. The smallest absolute Gasteiger partial charge is 0.255 e. The first-order valence-electron chi connectivity index (χ1n) is 10.5. The summed E-state index contributed by atoms with van der Waals surface area (Å²) < 4.78 is 6.58. The Morgan fingerprint density at radius 2 is 1.61 bits per heavy atom. The molecule has 28 heavy (non-hydrogen) atoms. The van der Waals surface area contributed by atoms with Crippen molar-refractivity contribution in [3.63, 3.8) is 0 Å². The fraction of sp³-hybridized carbons (Fsp3) is 0.870. The summed E-state index contributed by atoms with van der Waals surface area (Å²) in [5.41, 5.74) is -2.46. The van der Waals surface area contributed by atoms with Crippen LogP contribution in [0.2, 0.25) is 0 Å². The molecule has 1 saturated heterocycles. The third-order valence-electron chi connectivity index (χ3n) is 8.22. The second-order valence-corrected chi connectivity index (χ2v) is 10.5. The quantitative estimate of drug-likeness (QED) is 0.698. The van der Waals surface area contributed by atoms with Crippen molar-refractivity contribution in [1.82, 2.24) is 0 Å². The van der Waals surface area contributed by atoms with E-state index in [1.165, 1.54) is 0 Å². The average molecular weight is 384 g/mol. The number of nitrogens with zero attached hydrogens (tertiary/aromatic N) is 3. The minimum atomic E-state index is -1.02. The highest BCUT2D eigenvalue weighted by atomic mass is 16.5. The zero-order valence-electron chi connectivity index (χ0n) is 17.8. The topological polar surface area (TPSA) is 42.5 Å². The molecule has 2 saturated carbocycles. The molecular weight excluding hydrogens is 350 g/mol. The largest absolute Gasteiger partial charge is 0.382 e. The van der Waals surface area contributed by atoms with Gasteiger partial charge in [0.15, 0.2) is 0 Å². The molecule has 5 heteroatoms. The normalized spacial score (nSPS) is 48.8. The van der Waals surface area contributed by atoms with Gasteiger partial charge in [0.05, 0.1) is 11.5 Å². The van der Waals surface area contributed by atoms with Crippen molar-refractivity contribution < 1.29 is 9.84 Å². The Morgan fingerprint density at radius 1 is 0.964 bits per heavy atom. The molecule has 1 aliphatic heterocycles. The van der Waals surface area contributed by atoms with Crippen molar-refractivity contribution in [1.29, 1.82) is 0 Å². The van der Waals surface area contributed by atoms with E-state index in [0.29, 0.717) is 6.42 Å². The maximum atomic E-state index is 11.0. The van der Waals surface area contributed by atoms with E-state index < -0.39 is 28.3 Å².